The summed E-state index contributed by atoms with van der Waals surface area (Å²) in [6.07, 6.45) is 5.71. The van der Waals surface area contributed by atoms with Crippen molar-refractivity contribution in [3.05, 3.63) is 30.1 Å². The monoisotopic (exact) mass is 330 g/mol. The second kappa shape index (κ2) is 6.78. The summed E-state index contributed by atoms with van der Waals surface area (Å²) < 4.78 is 6.00. The Morgan fingerprint density at radius 3 is 2.71 bits per heavy atom. The van der Waals surface area contributed by atoms with Crippen LogP contribution in [0, 0.1) is 11.3 Å². The molecule has 0 atom stereocenters. The van der Waals surface area contributed by atoms with Gasteiger partial charge < -0.3 is 20.3 Å². The van der Waals surface area contributed by atoms with E-state index in [1.54, 1.807) is 6.20 Å². The Kier molecular flexibility index (Phi) is 4.52. The van der Waals surface area contributed by atoms with Gasteiger partial charge in [0.1, 0.15) is 0 Å². The highest BCUT2D eigenvalue weighted by atomic mass is 16.5. The lowest BCUT2D eigenvalue weighted by Gasteiger charge is -2.38. The van der Waals surface area contributed by atoms with Crippen LogP contribution in [0.1, 0.15) is 18.4 Å². The molecule has 1 amide bonds. The van der Waals surface area contributed by atoms with Crippen molar-refractivity contribution < 1.29 is 9.53 Å². The van der Waals surface area contributed by atoms with Crippen LogP contribution in [-0.4, -0.2) is 61.2 Å². The highest BCUT2D eigenvalue weighted by Crippen LogP contribution is 2.37. The molecule has 0 radical (unpaired) electrons. The molecule has 6 heteroatoms. The van der Waals surface area contributed by atoms with Crippen molar-refractivity contribution in [1.29, 1.82) is 0 Å². The number of ether oxygens (including phenoxy) is 1. The maximum Gasteiger partial charge on any atom is 0.231 e. The van der Waals surface area contributed by atoms with Crippen LogP contribution in [0.3, 0.4) is 0 Å². The normalized spacial score (nSPS) is 30.5. The van der Waals surface area contributed by atoms with Crippen molar-refractivity contribution in [3.8, 4) is 0 Å². The number of hydrogen-bond acceptors (Lipinski definition) is 5. The fraction of sp³-hybridized carbons (Fsp3) is 0.667. The highest BCUT2D eigenvalue weighted by Gasteiger charge is 2.53. The summed E-state index contributed by atoms with van der Waals surface area (Å²) in [6, 6.07) is 3.96. The van der Waals surface area contributed by atoms with E-state index in [9.17, 15) is 4.79 Å². The van der Waals surface area contributed by atoms with E-state index < -0.39 is 0 Å². The molecule has 3 aliphatic rings. The molecule has 3 aliphatic heterocycles. The summed E-state index contributed by atoms with van der Waals surface area (Å²) >= 11 is 0. The summed E-state index contributed by atoms with van der Waals surface area (Å²) in [7, 11) is 0. The van der Waals surface area contributed by atoms with Gasteiger partial charge >= 0.3 is 0 Å². The first kappa shape index (κ1) is 16.0. The number of nitrogens with zero attached hydrogens (tertiary/aromatic N) is 2. The maximum atomic E-state index is 13.1. The molecule has 3 fully saturated rings. The van der Waals surface area contributed by atoms with Crippen LogP contribution in [0.2, 0.25) is 0 Å². The van der Waals surface area contributed by atoms with Crippen LogP contribution < -0.4 is 10.6 Å². The summed E-state index contributed by atoms with van der Waals surface area (Å²) in [4.78, 5) is 19.3. The Morgan fingerprint density at radius 1 is 1.29 bits per heavy atom. The van der Waals surface area contributed by atoms with E-state index in [1.165, 1.54) is 0 Å². The molecule has 1 aromatic rings. The molecule has 0 unspecified atom stereocenters. The van der Waals surface area contributed by atoms with E-state index >= 15 is 0 Å². The third-order valence-electron chi connectivity index (χ3n) is 5.81. The minimum absolute atomic E-state index is 0.205. The van der Waals surface area contributed by atoms with E-state index in [1.807, 2.05) is 18.3 Å². The number of pyridine rings is 1. The lowest BCUT2D eigenvalue weighted by molar-refractivity contribution is -0.144. The average Bonchev–Trinajstić information content (AvgIpc) is 3.22. The fourth-order valence-electron chi connectivity index (χ4n) is 4.32. The smallest absolute Gasteiger partial charge is 0.231 e. The Balaban J connectivity index is 1.29. The lowest BCUT2D eigenvalue weighted by Crippen LogP contribution is -2.52. The molecule has 4 rings (SSSR count). The maximum absolute atomic E-state index is 13.1. The van der Waals surface area contributed by atoms with E-state index in [2.05, 4.69) is 20.5 Å². The number of aromatic nitrogens is 1. The molecule has 0 aromatic carbocycles. The van der Waals surface area contributed by atoms with Crippen LogP contribution in [0.4, 0.5) is 0 Å². The first-order valence-electron chi connectivity index (χ1n) is 8.99. The van der Waals surface area contributed by atoms with Crippen molar-refractivity contribution in [2.24, 2.45) is 11.3 Å². The predicted octanol–water partition coefficient (Wildman–Crippen LogP) is 0.398. The van der Waals surface area contributed by atoms with E-state index in [-0.39, 0.29) is 11.5 Å². The number of carbonyl (C=O) groups is 1. The van der Waals surface area contributed by atoms with Gasteiger partial charge in [-0.25, -0.2) is 0 Å². The number of likely N-dealkylation sites (tertiary alicyclic amines) is 1. The Morgan fingerprint density at radius 2 is 2.04 bits per heavy atom. The number of fused-ring (bicyclic) bond motifs is 1. The van der Waals surface area contributed by atoms with Crippen LogP contribution in [-0.2, 0) is 16.1 Å². The SMILES string of the molecule is O=C(N1CCC(OCc2cccnc2)CC1)C12CNCC1CNC2. The van der Waals surface area contributed by atoms with E-state index in [4.69, 9.17) is 4.74 Å². The molecule has 6 nitrogen and oxygen atoms in total. The third-order valence-corrected chi connectivity index (χ3v) is 5.81. The topological polar surface area (TPSA) is 66.5 Å². The Labute approximate surface area is 143 Å². The summed E-state index contributed by atoms with van der Waals surface area (Å²) in [5.41, 5.74) is 0.899. The molecule has 2 N–H and O–H groups in total. The lowest BCUT2D eigenvalue weighted by atomic mass is 9.79. The highest BCUT2D eigenvalue weighted by molar-refractivity contribution is 5.84. The second-order valence-electron chi connectivity index (χ2n) is 7.28. The van der Waals surface area contributed by atoms with Gasteiger partial charge in [-0.2, -0.15) is 0 Å². The number of hydrogen-bond donors (Lipinski definition) is 2. The van der Waals surface area contributed by atoms with Crippen molar-refractivity contribution in [3.63, 3.8) is 0 Å². The first-order valence-corrected chi connectivity index (χ1v) is 8.99. The van der Waals surface area contributed by atoms with Crippen LogP contribution in [0.15, 0.2) is 24.5 Å². The second-order valence-corrected chi connectivity index (χ2v) is 7.28. The van der Waals surface area contributed by atoms with Crippen molar-refractivity contribution in [1.82, 2.24) is 20.5 Å². The predicted molar refractivity (Wildman–Crippen MR) is 90.3 cm³/mol. The van der Waals surface area contributed by atoms with E-state index in [0.29, 0.717) is 18.4 Å². The van der Waals surface area contributed by atoms with Crippen molar-refractivity contribution in [2.75, 3.05) is 39.3 Å². The zero-order valence-corrected chi connectivity index (χ0v) is 14.0. The number of carbonyl (C=O) groups excluding carboxylic acids is 1. The average molecular weight is 330 g/mol. The number of piperidine rings is 1. The van der Waals surface area contributed by atoms with Gasteiger partial charge in [0.05, 0.1) is 18.1 Å². The molecular formula is C18H26N4O2. The zero-order valence-electron chi connectivity index (χ0n) is 14.0. The van der Waals surface area contributed by atoms with Gasteiger partial charge in [0.15, 0.2) is 0 Å². The Hall–Kier alpha value is -1.50. The van der Waals surface area contributed by atoms with Gasteiger partial charge in [0.25, 0.3) is 0 Å². The molecule has 1 aromatic heterocycles. The van der Waals surface area contributed by atoms with Crippen LogP contribution >= 0.6 is 0 Å². The van der Waals surface area contributed by atoms with Gasteiger partial charge in [0, 0.05) is 57.6 Å². The van der Waals surface area contributed by atoms with Crippen molar-refractivity contribution >= 4 is 5.91 Å². The van der Waals surface area contributed by atoms with Gasteiger partial charge in [-0.15, -0.1) is 0 Å². The minimum atomic E-state index is -0.205. The number of amides is 1. The van der Waals surface area contributed by atoms with E-state index in [0.717, 1.165) is 57.7 Å². The standard InChI is InChI=1S/C18H26N4O2/c23-17(18-12-20-9-15(18)10-21-13-18)22-6-3-16(4-7-22)24-11-14-2-1-5-19-8-14/h1-2,5,8,15-16,20-21H,3-4,6-7,9-13H2. The number of rotatable bonds is 4. The molecule has 130 valence electrons. The van der Waals surface area contributed by atoms with Crippen LogP contribution in [0.25, 0.3) is 0 Å². The zero-order chi connectivity index (χ0) is 16.4. The quantitative estimate of drug-likeness (QED) is 0.836. The molecule has 24 heavy (non-hydrogen) atoms. The molecule has 0 aliphatic carbocycles. The molecule has 0 spiro atoms. The third kappa shape index (κ3) is 2.94. The summed E-state index contributed by atoms with van der Waals surface area (Å²) in [5.74, 6) is 0.790. The molecule has 0 saturated carbocycles. The van der Waals surface area contributed by atoms with Crippen molar-refractivity contribution in [2.45, 2.75) is 25.6 Å². The molecular weight excluding hydrogens is 304 g/mol. The summed E-state index contributed by atoms with van der Waals surface area (Å²) in [6.45, 7) is 5.79. The molecule has 4 heterocycles. The van der Waals surface area contributed by atoms with Gasteiger partial charge in [0.2, 0.25) is 5.91 Å². The molecule has 3 saturated heterocycles. The van der Waals surface area contributed by atoms with Gasteiger partial charge in [-0.3, -0.25) is 9.78 Å². The van der Waals surface area contributed by atoms with Gasteiger partial charge in [-0.05, 0) is 24.5 Å². The molecule has 0 bridgehead atoms. The van der Waals surface area contributed by atoms with Crippen LogP contribution in [0.5, 0.6) is 0 Å². The number of nitrogens with one attached hydrogen (secondary N) is 2. The summed E-state index contributed by atoms with van der Waals surface area (Å²) in [5, 5.41) is 6.83. The fourth-order valence-corrected chi connectivity index (χ4v) is 4.32. The van der Waals surface area contributed by atoms with Gasteiger partial charge in [-0.1, -0.05) is 6.07 Å². The Bertz CT molecular complexity index is 562. The minimum Gasteiger partial charge on any atom is -0.373 e. The first-order chi connectivity index (χ1) is 11.8. The largest absolute Gasteiger partial charge is 0.373 e.